The molecule has 2 aromatic rings. The molecule has 0 aromatic heterocycles. The predicted octanol–water partition coefficient (Wildman–Crippen LogP) is 3.90. The van der Waals surface area contributed by atoms with Crippen LogP contribution >= 0.6 is 11.6 Å². The Hall–Kier alpha value is -2.53. The van der Waals surface area contributed by atoms with Gasteiger partial charge < -0.3 is 16.0 Å². The van der Waals surface area contributed by atoms with Gasteiger partial charge in [-0.3, -0.25) is 9.79 Å². The van der Waals surface area contributed by atoms with E-state index >= 15 is 0 Å². The van der Waals surface area contributed by atoms with Crippen molar-refractivity contribution in [1.29, 1.82) is 0 Å². The van der Waals surface area contributed by atoms with Gasteiger partial charge in [-0.15, -0.1) is 0 Å². The van der Waals surface area contributed by atoms with E-state index in [4.69, 9.17) is 11.6 Å². The molecule has 0 saturated carbocycles. The molecule has 0 heterocycles. The van der Waals surface area contributed by atoms with Gasteiger partial charge in [0.1, 0.15) is 0 Å². The second kappa shape index (κ2) is 9.82. The Kier molecular flexibility index (Phi) is 7.48. The standard InChI is InChI=1S/C20H25ClN4O/c1-14-17(21)10-7-11-18(14)25-19(26)12-13-23-20(22-3)24-15(2)16-8-5-4-6-9-16/h4-11,15H,12-13H2,1-3H3,(H,25,26)(H2,22,23,24). The molecule has 138 valence electrons. The van der Waals surface area contributed by atoms with Crippen LogP contribution in [0.4, 0.5) is 5.69 Å². The number of benzene rings is 2. The quantitative estimate of drug-likeness (QED) is 0.532. The number of carbonyl (C=O) groups is 1. The zero-order valence-corrected chi connectivity index (χ0v) is 16.1. The number of aliphatic imine (C=N–C) groups is 1. The molecule has 5 nitrogen and oxygen atoms in total. The smallest absolute Gasteiger partial charge is 0.226 e. The fourth-order valence-electron chi connectivity index (χ4n) is 2.47. The number of halogens is 1. The normalized spacial score (nSPS) is 12.4. The largest absolute Gasteiger partial charge is 0.356 e. The first-order valence-electron chi connectivity index (χ1n) is 8.58. The summed E-state index contributed by atoms with van der Waals surface area (Å²) in [4.78, 5) is 16.3. The summed E-state index contributed by atoms with van der Waals surface area (Å²) in [6.07, 6.45) is 0.326. The number of carbonyl (C=O) groups excluding carboxylic acids is 1. The first kappa shape index (κ1) is 19.8. The molecule has 0 saturated heterocycles. The average Bonchev–Trinajstić information content (AvgIpc) is 2.65. The van der Waals surface area contributed by atoms with Crippen molar-refractivity contribution in [2.45, 2.75) is 26.3 Å². The van der Waals surface area contributed by atoms with Crippen molar-refractivity contribution in [3.05, 3.63) is 64.7 Å². The molecule has 3 N–H and O–H groups in total. The maximum atomic E-state index is 12.1. The number of rotatable bonds is 6. The highest BCUT2D eigenvalue weighted by Gasteiger charge is 2.09. The van der Waals surface area contributed by atoms with Crippen LogP contribution in [0.2, 0.25) is 5.02 Å². The van der Waals surface area contributed by atoms with Crippen LogP contribution in [0.15, 0.2) is 53.5 Å². The van der Waals surface area contributed by atoms with E-state index in [9.17, 15) is 4.79 Å². The van der Waals surface area contributed by atoms with E-state index in [0.29, 0.717) is 23.9 Å². The summed E-state index contributed by atoms with van der Waals surface area (Å²) < 4.78 is 0. The molecule has 0 spiro atoms. The molecule has 0 aliphatic carbocycles. The second-order valence-electron chi connectivity index (χ2n) is 5.99. The number of guanidine groups is 1. The number of nitrogens with zero attached hydrogens (tertiary/aromatic N) is 1. The van der Waals surface area contributed by atoms with E-state index in [0.717, 1.165) is 11.3 Å². The van der Waals surface area contributed by atoms with Crippen molar-refractivity contribution in [3.8, 4) is 0 Å². The van der Waals surface area contributed by atoms with Gasteiger partial charge in [-0.2, -0.15) is 0 Å². The number of amides is 1. The molecule has 1 unspecified atom stereocenters. The minimum absolute atomic E-state index is 0.0746. The van der Waals surface area contributed by atoms with Crippen LogP contribution in [0.25, 0.3) is 0 Å². The Balaban J connectivity index is 1.80. The van der Waals surface area contributed by atoms with Gasteiger partial charge in [0.25, 0.3) is 0 Å². The van der Waals surface area contributed by atoms with Crippen LogP contribution in [0.5, 0.6) is 0 Å². The number of hydrogen-bond acceptors (Lipinski definition) is 2. The Bertz CT molecular complexity index is 762. The lowest BCUT2D eigenvalue weighted by Gasteiger charge is -2.18. The molecule has 0 aliphatic heterocycles. The molecule has 26 heavy (non-hydrogen) atoms. The lowest BCUT2D eigenvalue weighted by molar-refractivity contribution is -0.116. The molecule has 0 aliphatic rings. The highest BCUT2D eigenvalue weighted by atomic mass is 35.5. The summed E-state index contributed by atoms with van der Waals surface area (Å²) in [5.41, 5.74) is 2.77. The molecule has 1 atom stereocenters. The van der Waals surface area contributed by atoms with Gasteiger partial charge in [-0.1, -0.05) is 48.0 Å². The molecule has 0 fully saturated rings. The van der Waals surface area contributed by atoms with Crippen LogP contribution in [-0.2, 0) is 4.79 Å². The van der Waals surface area contributed by atoms with E-state index in [-0.39, 0.29) is 11.9 Å². The SMILES string of the molecule is CN=C(NCCC(=O)Nc1cccc(Cl)c1C)NC(C)c1ccccc1. The maximum absolute atomic E-state index is 12.1. The summed E-state index contributed by atoms with van der Waals surface area (Å²) >= 11 is 6.07. The summed E-state index contributed by atoms with van der Waals surface area (Å²) in [5.74, 6) is 0.586. The van der Waals surface area contributed by atoms with Crippen molar-refractivity contribution >= 4 is 29.2 Å². The molecular weight excluding hydrogens is 348 g/mol. The third kappa shape index (κ3) is 5.77. The van der Waals surface area contributed by atoms with Gasteiger partial charge in [-0.25, -0.2) is 0 Å². The minimum atomic E-state index is -0.0746. The van der Waals surface area contributed by atoms with E-state index in [1.807, 2.05) is 37.3 Å². The lowest BCUT2D eigenvalue weighted by atomic mass is 10.1. The van der Waals surface area contributed by atoms with Gasteiger partial charge in [0, 0.05) is 30.7 Å². The van der Waals surface area contributed by atoms with Crippen LogP contribution in [0, 0.1) is 6.92 Å². The molecule has 1 amide bonds. The highest BCUT2D eigenvalue weighted by molar-refractivity contribution is 6.31. The third-order valence-electron chi connectivity index (χ3n) is 4.06. The first-order chi connectivity index (χ1) is 12.5. The number of nitrogens with one attached hydrogen (secondary N) is 3. The van der Waals surface area contributed by atoms with Crippen LogP contribution in [0.1, 0.15) is 30.5 Å². The molecule has 0 bridgehead atoms. The first-order valence-corrected chi connectivity index (χ1v) is 8.96. The van der Waals surface area contributed by atoms with E-state index < -0.39 is 0 Å². The van der Waals surface area contributed by atoms with Gasteiger partial charge in [0.15, 0.2) is 5.96 Å². The Labute approximate surface area is 159 Å². The van der Waals surface area contributed by atoms with Gasteiger partial charge in [-0.05, 0) is 37.1 Å². The Morgan fingerprint density at radius 2 is 1.88 bits per heavy atom. The zero-order chi connectivity index (χ0) is 18.9. The fraction of sp³-hybridized carbons (Fsp3) is 0.300. The van der Waals surface area contributed by atoms with Gasteiger partial charge in [0.05, 0.1) is 6.04 Å². The highest BCUT2D eigenvalue weighted by Crippen LogP contribution is 2.22. The van der Waals surface area contributed by atoms with E-state index in [1.54, 1.807) is 13.1 Å². The van der Waals surface area contributed by atoms with Gasteiger partial charge in [0.2, 0.25) is 5.91 Å². The molecule has 2 aromatic carbocycles. The number of anilines is 1. The zero-order valence-electron chi connectivity index (χ0n) is 15.3. The van der Waals surface area contributed by atoms with Crippen molar-refractivity contribution in [2.75, 3.05) is 18.9 Å². The lowest BCUT2D eigenvalue weighted by Crippen LogP contribution is -2.39. The topological polar surface area (TPSA) is 65.5 Å². The summed E-state index contributed by atoms with van der Waals surface area (Å²) in [5, 5.41) is 10.0. The van der Waals surface area contributed by atoms with Crippen LogP contribution in [0.3, 0.4) is 0 Å². The Morgan fingerprint density at radius 3 is 2.58 bits per heavy atom. The monoisotopic (exact) mass is 372 g/mol. The summed E-state index contributed by atoms with van der Waals surface area (Å²) in [6.45, 7) is 4.43. The summed E-state index contributed by atoms with van der Waals surface area (Å²) in [6, 6.07) is 15.7. The molecule has 0 radical (unpaired) electrons. The number of hydrogen-bond donors (Lipinski definition) is 3. The van der Waals surface area contributed by atoms with E-state index in [1.165, 1.54) is 5.56 Å². The van der Waals surface area contributed by atoms with Crippen LogP contribution < -0.4 is 16.0 Å². The molecular formula is C20H25ClN4O. The van der Waals surface area contributed by atoms with Crippen molar-refractivity contribution in [2.24, 2.45) is 4.99 Å². The second-order valence-corrected chi connectivity index (χ2v) is 6.39. The van der Waals surface area contributed by atoms with Crippen molar-refractivity contribution in [1.82, 2.24) is 10.6 Å². The third-order valence-corrected chi connectivity index (χ3v) is 4.47. The average molecular weight is 373 g/mol. The van der Waals surface area contributed by atoms with Crippen molar-refractivity contribution in [3.63, 3.8) is 0 Å². The summed E-state index contributed by atoms with van der Waals surface area (Å²) in [7, 11) is 1.71. The van der Waals surface area contributed by atoms with E-state index in [2.05, 4.69) is 40.0 Å². The maximum Gasteiger partial charge on any atom is 0.226 e. The Morgan fingerprint density at radius 1 is 1.15 bits per heavy atom. The fourth-order valence-corrected chi connectivity index (χ4v) is 2.65. The molecule has 2 rings (SSSR count). The molecule has 6 heteroatoms. The van der Waals surface area contributed by atoms with Crippen molar-refractivity contribution < 1.29 is 4.79 Å². The van der Waals surface area contributed by atoms with Crippen LogP contribution in [-0.4, -0.2) is 25.5 Å². The predicted molar refractivity (Wildman–Crippen MR) is 109 cm³/mol. The van der Waals surface area contributed by atoms with Gasteiger partial charge >= 0.3 is 0 Å². The minimum Gasteiger partial charge on any atom is -0.356 e.